The average Bonchev–Trinajstić information content (AvgIpc) is 2.66. The van der Waals surface area contributed by atoms with Gasteiger partial charge < -0.3 is 9.32 Å². The topological polar surface area (TPSA) is 67.6 Å². The SMILES string of the molecule is CCCC(=O)N1CC(S(=O)(=O)Cc2ccco2)C1. The smallest absolute Gasteiger partial charge is 0.222 e. The molecule has 0 aliphatic carbocycles. The standard InChI is InChI=1S/C12H17NO4S/c1-2-4-12(14)13-7-11(8-13)18(15,16)9-10-5-3-6-17-10/h3,5-6,11H,2,4,7-9H2,1H3. The van der Waals surface area contributed by atoms with Crippen LogP contribution in [0.25, 0.3) is 0 Å². The van der Waals surface area contributed by atoms with E-state index in [1.807, 2.05) is 6.92 Å². The lowest BCUT2D eigenvalue weighted by Crippen LogP contribution is -2.57. The average molecular weight is 271 g/mol. The molecule has 1 aliphatic heterocycles. The molecule has 1 saturated heterocycles. The van der Waals surface area contributed by atoms with Gasteiger partial charge in [-0.05, 0) is 18.6 Å². The quantitative estimate of drug-likeness (QED) is 0.807. The molecule has 1 aliphatic rings. The molecule has 1 amide bonds. The molecule has 0 atom stereocenters. The van der Waals surface area contributed by atoms with Crippen LogP contribution >= 0.6 is 0 Å². The zero-order chi connectivity index (χ0) is 13.2. The highest BCUT2D eigenvalue weighted by molar-refractivity contribution is 7.91. The van der Waals surface area contributed by atoms with Crippen molar-refractivity contribution in [2.75, 3.05) is 13.1 Å². The van der Waals surface area contributed by atoms with Crippen LogP contribution in [0.5, 0.6) is 0 Å². The highest BCUT2D eigenvalue weighted by Gasteiger charge is 2.39. The molecule has 0 spiro atoms. The van der Waals surface area contributed by atoms with E-state index in [1.165, 1.54) is 6.26 Å². The van der Waals surface area contributed by atoms with Gasteiger partial charge in [0, 0.05) is 19.5 Å². The fourth-order valence-corrected chi connectivity index (χ4v) is 3.56. The molecule has 1 aromatic rings. The summed E-state index contributed by atoms with van der Waals surface area (Å²) in [4.78, 5) is 13.1. The van der Waals surface area contributed by atoms with Crippen LogP contribution in [0.2, 0.25) is 0 Å². The van der Waals surface area contributed by atoms with E-state index in [0.717, 1.165) is 6.42 Å². The van der Waals surface area contributed by atoms with Crippen LogP contribution in [0.1, 0.15) is 25.5 Å². The molecule has 2 heterocycles. The third-order valence-electron chi connectivity index (χ3n) is 3.10. The van der Waals surface area contributed by atoms with E-state index < -0.39 is 15.1 Å². The summed E-state index contributed by atoms with van der Waals surface area (Å²) >= 11 is 0. The summed E-state index contributed by atoms with van der Waals surface area (Å²) in [5.41, 5.74) is 0. The van der Waals surface area contributed by atoms with Crippen molar-refractivity contribution in [1.82, 2.24) is 4.90 Å². The summed E-state index contributed by atoms with van der Waals surface area (Å²) in [7, 11) is -3.22. The Balaban J connectivity index is 1.89. The first kappa shape index (κ1) is 13.1. The molecule has 0 saturated carbocycles. The summed E-state index contributed by atoms with van der Waals surface area (Å²) in [5.74, 6) is 0.413. The van der Waals surface area contributed by atoms with Crippen LogP contribution in [-0.4, -0.2) is 37.6 Å². The molecule has 1 aromatic heterocycles. The molecule has 0 aromatic carbocycles. The zero-order valence-electron chi connectivity index (χ0n) is 10.3. The van der Waals surface area contributed by atoms with E-state index in [9.17, 15) is 13.2 Å². The Morgan fingerprint density at radius 3 is 2.78 bits per heavy atom. The molecule has 100 valence electrons. The summed E-state index contributed by atoms with van der Waals surface area (Å²) in [6, 6.07) is 3.32. The number of sulfone groups is 1. The minimum atomic E-state index is -3.22. The minimum Gasteiger partial charge on any atom is -0.468 e. The van der Waals surface area contributed by atoms with Crippen molar-refractivity contribution in [2.45, 2.75) is 30.8 Å². The van der Waals surface area contributed by atoms with Gasteiger partial charge in [0.1, 0.15) is 11.5 Å². The first-order valence-electron chi connectivity index (χ1n) is 6.04. The Morgan fingerprint density at radius 1 is 1.50 bits per heavy atom. The van der Waals surface area contributed by atoms with Crippen LogP contribution in [-0.2, 0) is 20.4 Å². The number of hydrogen-bond acceptors (Lipinski definition) is 4. The van der Waals surface area contributed by atoms with Gasteiger partial charge in [-0.15, -0.1) is 0 Å². The molecule has 0 radical (unpaired) electrons. The minimum absolute atomic E-state index is 0.0435. The van der Waals surface area contributed by atoms with Gasteiger partial charge >= 0.3 is 0 Å². The number of rotatable bonds is 5. The van der Waals surface area contributed by atoms with Crippen molar-refractivity contribution in [1.29, 1.82) is 0 Å². The van der Waals surface area contributed by atoms with Gasteiger partial charge in [0.15, 0.2) is 9.84 Å². The lowest BCUT2D eigenvalue weighted by Gasteiger charge is -2.38. The molecular weight excluding hydrogens is 254 g/mol. The molecule has 1 fully saturated rings. The predicted octanol–water partition coefficient (Wildman–Crippen LogP) is 1.21. The fourth-order valence-electron chi connectivity index (χ4n) is 1.95. The van der Waals surface area contributed by atoms with Crippen LogP contribution in [0.15, 0.2) is 22.8 Å². The van der Waals surface area contributed by atoms with E-state index in [0.29, 0.717) is 25.3 Å². The van der Waals surface area contributed by atoms with Crippen molar-refractivity contribution < 1.29 is 17.6 Å². The van der Waals surface area contributed by atoms with Gasteiger partial charge in [-0.2, -0.15) is 0 Å². The Morgan fingerprint density at radius 2 is 2.22 bits per heavy atom. The fraction of sp³-hybridized carbons (Fsp3) is 0.583. The second kappa shape index (κ2) is 5.14. The molecule has 0 unspecified atom stereocenters. The van der Waals surface area contributed by atoms with E-state index in [2.05, 4.69) is 0 Å². The third kappa shape index (κ3) is 2.75. The van der Waals surface area contributed by atoms with Crippen LogP contribution in [0, 0.1) is 0 Å². The lowest BCUT2D eigenvalue weighted by molar-refractivity contribution is -0.134. The summed E-state index contributed by atoms with van der Waals surface area (Å²) in [5, 5.41) is -0.441. The Bertz CT molecular complexity index is 500. The Labute approximate surface area is 107 Å². The number of carbonyl (C=O) groups excluding carboxylic acids is 1. The number of amides is 1. The molecular formula is C12H17NO4S. The number of carbonyl (C=O) groups is 1. The molecule has 6 heteroatoms. The predicted molar refractivity (Wildman–Crippen MR) is 66.6 cm³/mol. The van der Waals surface area contributed by atoms with Crippen LogP contribution < -0.4 is 0 Å². The van der Waals surface area contributed by atoms with E-state index in [-0.39, 0.29) is 11.7 Å². The van der Waals surface area contributed by atoms with Crippen molar-refractivity contribution >= 4 is 15.7 Å². The van der Waals surface area contributed by atoms with E-state index >= 15 is 0 Å². The van der Waals surface area contributed by atoms with E-state index in [1.54, 1.807) is 17.0 Å². The van der Waals surface area contributed by atoms with Gasteiger partial charge in [0.05, 0.1) is 11.5 Å². The maximum atomic E-state index is 12.0. The number of furan rings is 1. The second-order valence-corrected chi connectivity index (χ2v) is 6.84. The Kier molecular flexibility index (Phi) is 3.75. The highest BCUT2D eigenvalue weighted by Crippen LogP contribution is 2.21. The lowest BCUT2D eigenvalue weighted by atomic mass is 10.2. The third-order valence-corrected chi connectivity index (χ3v) is 5.10. The van der Waals surface area contributed by atoms with Gasteiger partial charge in [-0.3, -0.25) is 4.79 Å². The largest absolute Gasteiger partial charge is 0.468 e. The van der Waals surface area contributed by atoms with Crippen molar-refractivity contribution in [3.63, 3.8) is 0 Å². The first-order valence-corrected chi connectivity index (χ1v) is 7.76. The maximum Gasteiger partial charge on any atom is 0.222 e. The molecule has 5 nitrogen and oxygen atoms in total. The zero-order valence-corrected chi connectivity index (χ0v) is 11.1. The number of likely N-dealkylation sites (tertiary alicyclic amines) is 1. The summed E-state index contributed by atoms with van der Waals surface area (Å²) in [6.45, 7) is 2.58. The van der Waals surface area contributed by atoms with Crippen molar-refractivity contribution in [3.05, 3.63) is 24.2 Å². The highest BCUT2D eigenvalue weighted by atomic mass is 32.2. The monoisotopic (exact) mass is 271 g/mol. The van der Waals surface area contributed by atoms with E-state index in [4.69, 9.17) is 4.42 Å². The second-order valence-electron chi connectivity index (χ2n) is 4.56. The maximum absolute atomic E-state index is 12.0. The van der Waals surface area contributed by atoms with Crippen LogP contribution in [0.4, 0.5) is 0 Å². The van der Waals surface area contributed by atoms with Crippen molar-refractivity contribution in [3.8, 4) is 0 Å². The molecule has 2 rings (SSSR count). The molecule has 0 bridgehead atoms. The summed E-state index contributed by atoms with van der Waals surface area (Å²) in [6.07, 6.45) is 2.74. The van der Waals surface area contributed by atoms with Gasteiger partial charge in [-0.1, -0.05) is 6.92 Å². The number of nitrogens with zero attached hydrogens (tertiary/aromatic N) is 1. The van der Waals surface area contributed by atoms with Crippen LogP contribution in [0.3, 0.4) is 0 Å². The van der Waals surface area contributed by atoms with Gasteiger partial charge in [-0.25, -0.2) is 8.42 Å². The number of hydrogen-bond donors (Lipinski definition) is 0. The summed E-state index contributed by atoms with van der Waals surface area (Å²) < 4.78 is 29.1. The van der Waals surface area contributed by atoms with Gasteiger partial charge in [0.2, 0.25) is 5.91 Å². The molecule has 0 N–H and O–H groups in total. The van der Waals surface area contributed by atoms with Gasteiger partial charge in [0.25, 0.3) is 0 Å². The van der Waals surface area contributed by atoms with Crippen molar-refractivity contribution in [2.24, 2.45) is 0 Å². The Hall–Kier alpha value is -1.30. The molecule has 18 heavy (non-hydrogen) atoms. The first-order chi connectivity index (χ1) is 8.53. The normalized spacial score (nSPS) is 16.6.